The standard InChI is InChI=1S/C7H11NO5/c1-3(8)6(11)4(7(12)13)2-5(9)10/h3-4H,2,8H2,1H3,(H,9,10)(H,12,13)/t3-,4?/m0/s1. The maximum Gasteiger partial charge on any atom is 0.314 e. The zero-order valence-corrected chi connectivity index (χ0v) is 7.06. The minimum Gasteiger partial charge on any atom is -0.481 e. The third kappa shape index (κ3) is 3.66. The van der Waals surface area contributed by atoms with Gasteiger partial charge in [-0.1, -0.05) is 0 Å². The third-order valence-corrected chi connectivity index (χ3v) is 1.47. The Bertz CT molecular complexity index is 235. The van der Waals surface area contributed by atoms with Gasteiger partial charge >= 0.3 is 11.9 Å². The number of hydrogen-bond donors (Lipinski definition) is 3. The van der Waals surface area contributed by atoms with E-state index in [1.165, 1.54) is 6.92 Å². The van der Waals surface area contributed by atoms with Crippen molar-refractivity contribution in [1.29, 1.82) is 0 Å². The van der Waals surface area contributed by atoms with E-state index in [1.54, 1.807) is 0 Å². The summed E-state index contributed by atoms with van der Waals surface area (Å²) >= 11 is 0. The van der Waals surface area contributed by atoms with E-state index >= 15 is 0 Å². The number of Topliss-reactive ketones (excluding diaryl/α,β-unsaturated/α-hetero) is 1. The topological polar surface area (TPSA) is 118 Å². The Morgan fingerprint density at radius 2 is 1.77 bits per heavy atom. The molecule has 0 heterocycles. The molecule has 0 aromatic carbocycles. The molecule has 0 saturated carbocycles. The van der Waals surface area contributed by atoms with Gasteiger partial charge in [0.15, 0.2) is 5.78 Å². The number of ketones is 1. The van der Waals surface area contributed by atoms with Gasteiger partial charge in [-0.2, -0.15) is 0 Å². The Hall–Kier alpha value is -1.43. The summed E-state index contributed by atoms with van der Waals surface area (Å²) in [5.74, 6) is -5.10. The second-order valence-electron chi connectivity index (χ2n) is 2.68. The van der Waals surface area contributed by atoms with Crippen molar-refractivity contribution in [1.82, 2.24) is 0 Å². The van der Waals surface area contributed by atoms with Gasteiger partial charge in [0.2, 0.25) is 0 Å². The molecule has 0 bridgehead atoms. The molecular weight excluding hydrogens is 178 g/mol. The zero-order chi connectivity index (χ0) is 10.6. The average molecular weight is 189 g/mol. The number of nitrogens with two attached hydrogens (primary N) is 1. The third-order valence-electron chi connectivity index (χ3n) is 1.47. The highest BCUT2D eigenvalue weighted by molar-refractivity contribution is 6.02. The summed E-state index contributed by atoms with van der Waals surface area (Å²) in [4.78, 5) is 31.7. The summed E-state index contributed by atoms with van der Waals surface area (Å²) in [7, 11) is 0. The van der Waals surface area contributed by atoms with E-state index in [-0.39, 0.29) is 0 Å². The van der Waals surface area contributed by atoms with Crippen LogP contribution in [-0.2, 0) is 14.4 Å². The molecule has 0 radical (unpaired) electrons. The van der Waals surface area contributed by atoms with E-state index in [9.17, 15) is 14.4 Å². The smallest absolute Gasteiger partial charge is 0.314 e. The monoisotopic (exact) mass is 189 g/mol. The van der Waals surface area contributed by atoms with E-state index in [0.717, 1.165) is 0 Å². The van der Waals surface area contributed by atoms with Gasteiger partial charge in [-0.05, 0) is 6.92 Å². The first-order chi connectivity index (χ1) is 5.86. The van der Waals surface area contributed by atoms with Gasteiger partial charge in [-0.15, -0.1) is 0 Å². The molecule has 0 amide bonds. The molecule has 0 aromatic rings. The molecule has 0 fully saturated rings. The lowest BCUT2D eigenvalue weighted by molar-refractivity contribution is -0.152. The first-order valence-electron chi connectivity index (χ1n) is 3.60. The van der Waals surface area contributed by atoms with E-state index in [2.05, 4.69) is 0 Å². The van der Waals surface area contributed by atoms with Gasteiger partial charge in [0.1, 0.15) is 5.92 Å². The molecule has 0 aliphatic heterocycles. The van der Waals surface area contributed by atoms with Gasteiger partial charge in [0.25, 0.3) is 0 Å². The quantitative estimate of drug-likeness (QED) is 0.481. The minimum atomic E-state index is -1.54. The minimum absolute atomic E-state index is 0.726. The van der Waals surface area contributed by atoms with Crippen LogP contribution in [0.5, 0.6) is 0 Å². The predicted octanol–water partition coefficient (Wildman–Crippen LogP) is -0.922. The van der Waals surface area contributed by atoms with Crippen LogP contribution in [0, 0.1) is 5.92 Å². The lowest BCUT2D eigenvalue weighted by Gasteiger charge is -2.10. The molecule has 6 nitrogen and oxygen atoms in total. The van der Waals surface area contributed by atoms with Crippen molar-refractivity contribution in [2.75, 3.05) is 0 Å². The van der Waals surface area contributed by atoms with Crippen molar-refractivity contribution in [2.24, 2.45) is 11.7 Å². The van der Waals surface area contributed by atoms with Gasteiger partial charge in [-0.25, -0.2) is 0 Å². The lowest BCUT2D eigenvalue weighted by Crippen LogP contribution is -2.37. The van der Waals surface area contributed by atoms with Crippen molar-refractivity contribution >= 4 is 17.7 Å². The first-order valence-corrected chi connectivity index (χ1v) is 3.60. The fraction of sp³-hybridized carbons (Fsp3) is 0.571. The van der Waals surface area contributed by atoms with E-state index < -0.39 is 36.1 Å². The van der Waals surface area contributed by atoms with Crippen LogP contribution >= 0.6 is 0 Å². The molecule has 1 unspecified atom stereocenters. The largest absolute Gasteiger partial charge is 0.481 e. The fourth-order valence-corrected chi connectivity index (χ4v) is 0.802. The second kappa shape index (κ2) is 4.56. The number of carbonyl (C=O) groups excluding carboxylic acids is 1. The van der Waals surface area contributed by atoms with Gasteiger partial charge in [0.05, 0.1) is 12.5 Å². The Morgan fingerprint density at radius 1 is 1.31 bits per heavy atom. The van der Waals surface area contributed by atoms with Crippen LogP contribution in [0.2, 0.25) is 0 Å². The molecule has 4 N–H and O–H groups in total. The molecule has 74 valence electrons. The summed E-state index contributed by atoms with van der Waals surface area (Å²) in [5, 5.41) is 16.8. The van der Waals surface area contributed by atoms with Crippen molar-refractivity contribution in [2.45, 2.75) is 19.4 Å². The van der Waals surface area contributed by atoms with Crippen molar-refractivity contribution < 1.29 is 24.6 Å². The summed E-state index contributed by atoms with van der Waals surface area (Å²) in [6, 6.07) is -0.958. The number of hydrogen-bond acceptors (Lipinski definition) is 4. The summed E-state index contributed by atoms with van der Waals surface area (Å²) in [5.41, 5.74) is 5.14. The van der Waals surface area contributed by atoms with Crippen molar-refractivity contribution in [3.05, 3.63) is 0 Å². The van der Waals surface area contributed by atoms with Gasteiger partial charge < -0.3 is 15.9 Å². The van der Waals surface area contributed by atoms with Crippen LogP contribution in [0.4, 0.5) is 0 Å². The van der Waals surface area contributed by atoms with Gasteiger partial charge in [0, 0.05) is 0 Å². The Kier molecular flexibility index (Phi) is 4.06. The maximum atomic E-state index is 11.1. The molecular formula is C7H11NO5. The Labute approximate surface area is 74.3 Å². The molecule has 0 saturated heterocycles. The van der Waals surface area contributed by atoms with Crippen LogP contribution in [0.25, 0.3) is 0 Å². The average Bonchev–Trinajstić information content (AvgIpc) is 1.97. The molecule has 0 aromatic heterocycles. The van der Waals surface area contributed by atoms with E-state index in [0.29, 0.717) is 0 Å². The van der Waals surface area contributed by atoms with Crippen LogP contribution in [0.15, 0.2) is 0 Å². The van der Waals surface area contributed by atoms with Crippen molar-refractivity contribution in [3.8, 4) is 0 Å². The maximum absolute atomic E-state index is 11.1. The highest BCUT2D eigenvalue weighted by atomic mass is 16.4. The summed E-state index contributed by atoms with van der Waals surface area (Å²) in [6.07, 6.45) is -0.726. The Balaban J connectivity index is 4.52. The van der Waals surface area contributed by atoms with Gasteiger partial charge in [-0.3, -0.25) is 14.4 Å². The normalized spacial score (nSPS) is 14.6. The molecule has 0 aliphatic carbocycles. The predicted molar refractivity (Wildman–Crippen MR) is 42.0 cm³/mol. The van der Waals surface area contributed by atoms with Crippen LogP contribution < -0.4 is 5.73 Å². The molecule has 6 heteroatoms. The molecule has 2 atom stereocenters. The number of carboxylic acids is 2. The summed E-state index contributed by atoms with van der Waals surface area (Å²) < 4.78 is 0. The molecule has 0 rings (SSSR count). The van der Waals surface area contributed by atoms with Crippen LogP contribution in [-0.4, -0.2) is 34.0 Å². The lowest BCUT2D eigenvalue weighted by atomic mass is 9.96. The van der Waals surface area contributed by atoms with Crippen LogP contribution in [0.1, 0.15) is 13.3 Å². The highest BCUT2D eigenvalue weighted by Crippen LogP contribution is 2.07. The number of rotatable bonds is 5. The number of carboxylic acid groups (broad SMARTS) is 2. The Morgan fingerprint density at radius 3 is 2.00 bits per heavy atom. The van der Waals surface area contributed by atoms with E-state index in [1.807, 2.05) is 0 Å². The van der Waals surface area contributed by atoms with Crippen LogP contribution in [0.3, 0.4) is 0 Å². The van der Waals surface area contributed by atoms with E-state index in [4.69, 9.17) is 15.9 Å². The highest BCUT2D eigenvalue weighted by Gasteiger charge is 2.30. The van der Waals surface area contributed by atoms with Crippen molar-refractivity contribution in [3.63, 3.8) is 0 Å². The molecule has 0 aliphatic rings. The zero-order valence-electron chi connectivity index (χ0n) is 7.06. The SMILES string of the molecule is C[C@H](N)C(=O)C(CC(=O)O)C(=O)O. The fourth-order valence-electron chi connectivity index (χ4n) is 0.802. The summed E-state index contributed by atoms with van der Waals surface area (Å²) in [6.45, 7) is 1.32. The number of carbonyl (C=O) groups is 3. The second-order valence-corrected chi connectivity index (χ2v) is 2.68. The molecule has 13 heavy (non-hydrogen) atoms. The first kappa shape index (κ1) is 11.6. The molecule has 0 spiro atoms. The number of aliphatic carboxylic acids is 2.